The standard InChI is InChI=1S/C16H9BrN2O5/c17-10-6-9-7-12(15(20)18-11-4-2-1-3-5-11)16(21)24-14(9)13(8-10)19(22)23/h1-8H,(H,18,20). The molecule has 0 saturated carbocycles. The van der Waals surface area contributed by atoms with Crippen molar-refractivity contribution in [2.45, 2.75) is 0 Å². The van der Waals surface area contributed by atoms with Crippen LogP contribution in [-0.2, 0) is 0 Å². The molecule has 8 heteroatoms. The van der Waals surface area contributed by atoms with Crippen molar-refractivity contribution >= 4 is 44.2 Å². The summed E-state index contributed by atoms with van der Waals surface area (Å²) in [5.41, 5.74) is -1.20. The molecule has 2 aromatic carbocycles. The zero-order chi connectivity index (χ0) is 17.3. The van der Waals surface area contributed by atoms with E-state index in [9.17, 15) is 19.7 Å². The van der Waals surface area contributed by atoms with Gasteiger partial charge in [0, 0.05) is 21.6 Å². The van der Waals surface area contributed by atoms with Gasteiger partial charge in [0.2, 0.25) is 5.58 Å². The Balaban J connectivity index is 2.10. The normalized spacial score (nSPS) is 10.5. The number of para-hydroxylation sites is 1. The summed E-state index contributed by atoms with van der Waals surface area (Å²) in [6.45, 7) is 0. The lowest BCUT2D eigenvalue weighted by Gasteiger charge is -2.05. The minimum absolute atomic E-state index is 0.176. The predicted octanol–water partition coefficient (Wildman–Crippen LogP) is 3.72. The number of amides is 1. The fourth-order valence-electron chi connectivity index (χ4n) is 2.19. The molecule has 0 saturated heterocycles. The molecule has 1 heterocycles. The molecule has 7 nitrogen and oxygen atoms in total. The molecule has 0 spiro atoms. The Morgan fingerprint density at radius 3 is 2.54 bits per heavy atom. The average molecular weight is 389 g/mol. The number of anilines is 1. The van der Waals surface area contributed by atoms with Gasteiger partial charge in [-0.25, -0.2) is 4.79 Å². The number of carbonyl (C=O) groups is 1. The van der Waals surface area contributed by atoms with Crippen molar-refractivity contribution in [3.8, 4) is 0 Å². The Hall–Kier alpha value is -3.00. The van der Waals surface area contributed by atoms with E-state index in [2.05, 4.69) is 21.2 Å². The van der Waals surface area contributed by atoms with Crippen molar-refractivity contribution in [1.82, 2.24) is 0 Å². The molecule has 0 unspecified atom stereocenters. The lowest BCUT2D eigenvalue weighted by molar-refractivity contribution is -0.383. The molecule has 0 aliphatic rings. The van der Waals surface area contributed by atoms with E-state index in [4.69, 9.17) is 4.42 Å². The van der Waals surface area contributed by atoms with Crippen LogP contribution in [0.1, 0.15) is 10.4 Å². The summed E-state index contributed by atoms with van der Waals surface area (Å²) in [5, 5.41) is 13.9. The molecule has 120 valence electrons. The van der Waals surface area contributed by atoms with Gasteiger partial charge < -0.3 is 9.73 Å². The van der Waals surface area contributed by atoms with Crippen molar-refractivity contribution in [2.75, 3.05) is 5.32 Å². The van der Waals surface area contributed by atoms with E-state index in [1.165, 1.54) is 18.2 Å². The van der Waals surface area contributed by atoms with Gasteiger partial charge in [-0.15, -0.1) is 0 Å². The van der Waals surface area contributed by atoms with E-state index < -0.39 is 16.5 Å². The smallest absolute Gasteiger partial charge is 0.349 e. The summed E-state index contributed by atoms with van der Waals surface area (Å²) in [4.78, 5) is 34.8. The number of hydrogen-bond acceptors (Lipinski definition) is 5. The number of carbonyl (C=O) groups excluding carboxylic acids is 1. The van der Waals surface area contributed by atoms with Gasteiger partial charge >= 0.3 is 11.3 Å². The maximum Gasteiger partial charge on any atom is 0.349 e. The van der Waals surface area contributed by atoms with Gasteiger partial charge in [0.15, 0.2) is 0 Å². The van der Waals surface area contributed by atoms with E-state index in [1.807, 2.05) is 0 Å². The van der Waals surface area contributed by atoms with Crippen molar-refractivity contribution in [2.24, 2.45) is 0 Å². The molecule has 0 atom stereocenters. The highest BCUT2D eigenvalue weighted by Gasteiger charge is 2.20. The lowest BCUT2D eigenvalue weighted by Crippen LogP contribution is -2.20. The van der Waals surface area contributed by atoms with Crippen LogP contribution >= 0.6 is 15.9 Å². The van der Waals surface area contributed by atoms with Gasteiger partial charge in [-0.3, -0.25) is 14.9 Å². The number of nitrogens with zero attached hydrogens (tertiary/aromatic N) is 1. The third kappa shape index (κ3) is 3.04. The second kappa shape index (κ2) is 6.25. The van der Waals surface area contributed by atoms with Crippen molar-refractivity contribution in [1.29, 1.82) is 0 Å². The van der Waals surface area contributed by atoms with Crippen molar-refractivity contribution in [3.05, 3.63) is 79.1 Å². The fourth-order valence-corrected chi connectivity index (χ4v) is 2.66. The Kier molecular flexibility index (Phi) is 4.13. The summed E-state index contributed by atoms with van der Waals surface area (Å²) in [7, 11) is 0. The van der Waals surface area contributed by atoms with Crippen LogP contribution in [0.3, 0.4) is 0 Å². The molecule has 1 aromatic heterocycles. The highest BCUT2D eigenvalue weighted by molar-refractivity contribution is 9.10. The maximum absolute atomic E-state index is 12.3. The Bertz CT molecular complexity index is 1010. The monoisotopic (exact) mass is 388 g/mol. The Morgan fingerprint density at radius 1 is 1.17 bits per heavy atom. The minimum Gasteiger partial charge on any atom is -0.415 e. The molecule has 1 N–H and O–H groups in total. The number of halogens is 1. The van der Waals surface area contributed by atoms with Gasteiger partial charge in [0.05, 0.1) is 4.92 Å². The first-order valence-corrected chi connectivity index (χ1v) is 7.53. The van der Waals surface area contributed by atoms with E-state index in [1.54, 1.807) is 30.3 Å². The zero-order valence-corrected chi connectivity index (χ0v) is 13.6. The molecular formula is C16H9BrN2O5. The molecule has 0 bridgehead atoms. The largest absolute Gasteiger partial charge is 0.415 e. The molecule has 1 amide bonds. The van der Waals surface area contributed by atoms with Gasteiger partial charge in [0.25, 0.3) is 5.91 Å². The van der Waals surface area contributed by atoms with E-state index in [0.717, 1.165) is 0 Å². The third-order valence-corrected chi connectivity index (χ3v) is 3.71. The molecule has 24 heavy (non-hydrogen) atoms. The summed E-state index contributed by atoms with van der Waals surface area (Å²) in [6.07, 6.45) is 0. The number of nitro benzene ring substituents is 1. The highest BCUT2D eigenvalue weighted by Crippen LogP contribution is 2.29. The van der Waals surface area contributed by atoms with E-state index in [0.29, 0.717) is 10.2 Å². The fraction of sp³-hybridized carbons (Fsp3) is 0. The summed E-state index contributed by atoms with van der Waals surface area (Å²) >= 11 is 3.16. The zero-order valence-electron chi connectivity index (χ0n) is 12.0. The number of fused-ring (bicyclic) bond motifs is 1. The van der Waals surface area contributed by atoms with Crippen molar-refractivity contribution < 1.29 is 14.1 Å². The number of nitro groups is 1. The van der Waals surface area contributed by atoms with E-state index in [-0.39, 0.29) is 22.2 Å². The first-order valence-electron chi connectivity index (χ1n) is 6.74. The SMILES string of the molecule is O=C(Nc1ccccc1)c1cc2cc(Br)cc([N+](=O)[O-])c2oc1=O. The molecule has 0 aliphatic heterocycles. The van der Waals surface area contributed by atoms with Gasteiger partial charge in [-0.1, -0.05) is 34.1 Å². The second-order valence-electron chi connectivity index (χ2n) is 4.87. The Labute approximate surface area is 143 Å². The average Bonchev–Trinajstić information content (AvgIpc) is 2.54. The summed E-state index contributed by atoms with van der Waals surface area (Å²) in [5.74, 6) is -0.653. The molecule has 0 fully saturated rings. The van der Waals surface area contributed by atoms with Gasteiger partial charge in [-0.2, -0.15) is 0 Å². The van der Waals surface area contributed by atoms with Crippen LogP contribution in [0.25, 0.3) is 11.0 Å². The van der Waals surface area contributed by atoms with Crippen molar-refractivity contribution in [3.63, 3.8) is 0 Å². The summed E-state index contributed by atoms with van der Waals surface area (Å²) in [6, 6.07) is 12.6. The lowest BCUT2D eigenvalue weighted by atomic mass is 10.1. The first-order chi connectivity index (χ1) is 11.5. The highest BCUT2D eigenvalue weighted by atomic mass is 79.9. The van der Waals surface area contributed by atoms with Crippen LogP contribution in [0, 0.1) is 10.1 Å². The molecule has 0 radical (unpaired) electrons. The summed E-state index contributed by atoms with van der Waals surface area (Å²) < 4.78 is 5.46. The predicted molar refractivity (Wildman–Crippen MR) is 91.2 cm³/mol. The maximum atomic E-state index is 12.3. The van der Waals surface area contributed by atoms with Crippen LogP contribution in [-0.4, -0.2) is 10.8 Å². The quantitative estimate of drug-likeness (QED) is 0.418. The van der Waals surface area contributed by atoms with Crippen LogP contribution in [0.5, 0.6) is 0 Å². The topological polar surface area (TPSA) is 102 Å². The number of hydrogen-bond donors (Lipinski definition) is 1. The first kappa shape index (κ1) is 15.9. The second-order valence-corrected chi connectivity index (χ2v) is 5.78. The minimum atomic E-state index is -0.943. The Morgan fingerprint density at radius 2 is 1.88 bits per heavy atom. The number of nitrogens with one attached hydrogen (secondary N) is 1. The van der Waals surface area contributed by atoms with Crippen LogP contribution in [0.4, 0.5) is 11.4 Å². The molecule has 3 aromatic rings. The van der Waals surface area contributed by atoms with Crippen LogP contribution < -0.4 is 10.9 Å². The van der Waals surface area contributed by atoms with E-state index >= 15 is 0 Å². The molecule has 0 aliphatic carbocycles. The number of benzene rings is 2. The van der Waals surface area contributed by atoms with Gasteiger partial charge in [-0.05, 0) is 24.3 Å². The number of non-ortho nitro benzene ring substituents is 1. The molecule has 3 rings (SSSR count). The van der Waals surface area contributed by atoms with Crippen LogP contribution in [0.15, 0.2) is 62.2 Å². The number of rotatable bonds is 3. The third-order valence-electron chi connectivity index (χ3n) is 3.25. The van der Waals surface area contributed by atoms with Crippen LogP contribution in [0.2, 0.25) is 0 Å². The van der Waals surface area contributed by atoms with Gasteiger partial charge in [0.1, 0.15) is 5.56 Å². The molecular weight excluding hydrogens is 380 g/mol.